The third-order valence-corrected chi connectivity index (χ3v) is 8.68. The lowest BCUT2D eigenvalue weighted by atomic mass is 9.61. The molecule has 1 unspecified atom stereocenters. The van der Waals surface area contributed by atoms with Crippen molar-refractivity contribution in [2.24, 2.45) is 16.7 Å². The van der Waals surface area contributed by atoms with Crippen molar-refractivity contribution in [1.29, 1.82) is 0 Å². The van der Waals surface area contributed by atoms with Crippen LogP contribution in [-0.2, 0) is 0 Å². The molecule has 0 spiro atoms. The number of hydrogen-bond donors (Lipinski definition) is 3. The van der Waals surface area contributed by atoms with Gasteiger partial charge in [-0.15, -0.1) is 0 Å². The molecule has 0 radical (unpaired) electrons. The molecular formula is C28H42O3. The fourth-order valence-corrected chi connectivity index (χ4v) is 6.77. The van der Waals surface area contributed by atoms with E-state index in [0.29, 0.717) is 24.2 Å². The Bertz CT molecular complexity index is 805. The van der Waals surface area contributed by atoms with E-state index in [-0.39, 0.29) is 5.41 Å². The van der Waals surface area contributed by atoms with E-state index in [1.165, 1.54) is 37.7 Å². The molecule has 3 saturated carbocycles. The maximum absolute atomic E-state index is 10.2. The van der Waals surface area contributed by atoms with Gasteiger partial charge in [-0.25, -0.2) is 0 Å². The fraction of sp³-hybridized carbons (Fsp3) is 0.714. The van der Waals surface area contributed by atoms with Crippen LogP contribution in [0.3, 0.4) is 0 Å². The van der Waals surface area contributed by atoms with Gasteiger partial charge in [-0.1, -0.05) is 42.9 Å². The second-order valence-corrected chi connectivity index (χ2v) is 11.7. The Balaban J connectivity index is 1.49. The first-order chi connectivity index (χ1) is 14.5. The van der Waals surface area contributed by atoms with Crippen molar-refractivity contribution in [3.05, 3.63) is 47.1 Å². The van der Waals surface area contributed by atoms with E-state index in [1.54, 1.807) is 5.57 Å². The van der Waals surface area contributed by atoms with Crippen molar-refractivity contribution in [3.63, 3.8) is 0 Å². The molecule has 0 aromatic heterocycles. The highest BCUT2D eigenvalue weighted by Gasteiger charge is 2.56. The molecule has 172 valence electrons. The third-order valence-electron chi connectivity index (χ3n) is 8.68. The Morgan fingerprint density at radius 2 is 1.94 bits per heavy atom. The first-order valence-electron chi connectivity index (χ1n) is 12.4. The second kappa shape index (κ2) is 8.32. The lowest BCUT2D eigenvalue weighted by Crippen LogP contribution is -2.33. The Morgan fingerprint density at radius 1 is 1.19 bits per heavy atom. The molecule has 0 aromatic carbocycles. The van der Waals surface area contributed by atoms with Crippen molar-refractivity contribution in [1.82, 2.24) is 0 Å². The number of aliphatic hydroxyl groups is 3. The van der Waals surface area contributed by atoms with Crippen LogP contribution in [0.5, 0.6) is 0 Å². The van der Waals surface area contributed by atoms with Gasteiger partial charge in [0.05, 0.1) is 17.8 Å². The molecule has 0 aliphatic heterocycles. The molecule has 3 nitrogen and oxygen atoms in total. The zero-order valence-electron chi connectivity index (χ0n) is 19.8. The van der Waals surface area contributed by atoms with Crippen LogP contribution in [0, 0.1) is 16.7 Å². The summed E-state index contributed by atoms with van der Waals surface area (Å²) in [7, 11) is 0. The van der Waals surface area contributed by atoms with Gasteiger partial charge >= 0.3 is 0 Å². The monoisotopic (exact) mass is 426 g/mol. The number of allylic oxidation sites excluding steroid dienone is 5. The van der Waals surface area contributed by atoms with Gasteiger partial charge in [0.25, 0.3) is 0 Å². The predicted octanol–water partition coefficient (Wildman–Crippen LogP) is 5.77. The highest BCUT2D eigenvalue weighted by molar-refractivity contribution is 5.42. The molecule has 4 aliphatic carbocycles. The minimum atomic E-state index is -0.622. The lowest BCUT2D eigenvalue weighted by molar-refractivity contribution is 0.0663. The van der Waals surface area contributed by atoms with Gasteiger partial charge in [-0.2, -0.15) is 0 Å². The van der Waals surface area contributed by atoms with Crippen LogP contribution in [0.25, 0.3) is 0 Å². The van der Waals surface area contributed by atoms with Gasteiger partial charge in [0.1, 0.15) is 0 Å². The lowest BCUT2D eigenvalue weighted by Gasteiger charge is -2.43. The Labute approximate surface area is 188 Å². The number of hydrogen-bond acceptors (Lipinski definition) is 3. The smallest absolute Gasteiger partial charge is 0.0811 e. The minimum absolute atomic E-state index is 0.260. The van der Waals surface area contributed by atoms with Gasteiger partial charge in [-0.05, 0) is 106 Å². The summed E-state index contributed by atoms with van der Waals surface area (Å²) in [6.07, 6.45) is 17.5. The first kappa shape index (κ1) is 23.0. The molecular weight excluding hydrogens is 384 g/mol. The van der Waals surface area contributed by atoms with Crippen molar-refractivity contribution in [3.8, 4) is 0 Å². The van der Waals surface area contributed by atoms with Gasteiger partial charge in [0.2, 0.25) is 0 Å². The Morgan fingerprint density at radius 3 is 2.61 bits per heavy atom. The molecule has 31 heavy (non-hydrogen) atoms. The molecule has 3 heteroatoms. The summed E-state index contributed by atoms with van der Waals surface area (Å²) in [4.78, 5) is 0. The summed E-state index contributed by atoms with van der Waals surface area (Å²) in [5.74, 6) is 0.576. The van der Waals surface area contributed by atoms with Gasteiger partial charge in [-0.3, -0.25) is 0 Å². The molecule has 0 bridgehead atoms. The van der Waals surface area contributed by atoms with E-state index in [1.807, 2.05) is 13.8 Å². The van der Waals surface area contributed by atoms with Gasteiger partial charge in [0.15, 0.2) is 0 Å². The van der Waals surface area contributed by atoms with Crippen LogP contribution in [0.15, 0.2) is 47.1 Å². The molecule has 4 atom stereocenters. The summed E-state index contributed by atoms with van der Waals surface area (Å²) in [5, 5.41) is 30.3. The van der Waals surface area contributed by atoms with Crippen LogP contribution in [0.2, 0.25) is 0 Å². The number of fused-ring (bicyclic) bond motifs is 1. The van der Waals surface area contributed by atoms with Crippen LogP contribution in [0.4, 0.5) is 0 Å². The maximum atomic E-state index is 10.2. The highest BCUT2D eigenvalue weighted by atomic mass is 16.3. The van der Waals surface area contributed by atoms with Crippen LogP contribution < -0.4 is 0 Å². The zero-order chi connectivity index (χ0) is 22.4. The zero-order valence-corrected chi connectivity index (χ0v) is 19.8. The maximum Gasteiger partial charge on any atom is 0.0811 e. The second-order valence-electron chi connectivity index (χ2n) is 11.7. The van der Waals surface area contributed by atoms with Crippen LogP contribution >= 0.6 is 0 Å². The van der Waals surface area contributed by atoms with Crippen molar-refractivity contribution >= 4 is 0 Å². The standard InChI is InChI=1S/C28H42O3/c1-19-21(17-22(29)18-24(19)30)9-8-20-7-5-13-27(4)23(20)10-11-25(27)28(15-16-28)14-6-12-26(2,3)31/h8-9,11,22-24,29-31H,1,5-7,10,12-18H2,2-4H3/b20-8+,21-9-/t22-,23?,24+,27+/m1/s1. The Hall–Kier alpha value is -1.16. The molecule has 3 N–H and O–H groups in total. The molecule has 0 saturated heterocycles. The van der Waals surface area contributed by atoms with Crippen molar-refractivity contribution < 1.29 is 15.3 Å². The van der Waals surface area contributed by atoms with Crippen molar-refractivity contribution in [2.75, 3.05) is 0 Å². The van der Waals surface area contributed by atoms with E-state index < -0.39 is 17.8 Å². The summed E-state index contributed by atoms with van der Waals surface area (Å²) in [6, 6.07) is 0. The van der Waals surface area contributed by atoms with E-state index in [9.17, 15) is 15.3 Å². The molecule has 4 rings (SSSR count). The summed E-state index contributed by atoms with van der Waals surface area (Å²) >= 11 is 0. The SMILES string of the molecule is C=C1/C(=C\C=C2/CCC[C@]3(C)C(C4(CCCC(C)(C)O)CC4)=CCC23)C[C@@H](O)C[C@@H]1O. The minimum Gasteiger partial charge on any atom is -0.393 e. The first-order valence-corrected chi connectivity index (χ1v) is 12.4. The van der Waals surface area contributed by atoms with Crippen LogP contribution in [-0.4, -0.2) is 33.1 Å². The fourth-order valence-electron chi connectivity index (χ4n) is 6.77. The molecule has 0 amide bonds. The van der Waals surface area contributed by atoms with E-state index in [0.717, 1.165) is 36.8 Å². The van der Waals surface area contributed by atoms with Crippen LogP contribution in [0.1, 0.15) is 91.4 Å². The molecule has 0 aromatic rings. The topological polar surface area (TPSA) is 60.7 Å². The average molecular weight is 427 g/mol. The van der Waals surface area contributed by atoms with Gasteiger partial charge in [0, 0.05) is 6.42 Å². The van der Waals surface area contributed by atoms with Gasteiger partial charge < -0.3 is 15.3 Å². The van der Waals surface area contributed by atoms with Crippen molar-refractivity contribution in [2.45, 2.75) is 109 Å². The summed E-state index contributed by atoms with van der Waals surface area (Å²) in [5.41, 5.74) is 5.11. The number of aliphatic hydroxyl groups excluding tert-OH is 2. The average Bonchev–Trinajstić information content (AvgIpc) is 3.35. The third kappa shape index (κ3) is 4.65. The van der Waals surface area contributed by atoms with E-state index >= 15 is 0 Å². The molecule has 0 heterocycles. The summed E-state index contributed by atoms with van der Waals surface area (Å²) in [6.45, 7) is 10.4. The summed E-state index contributed by atoms with van der Waals surface area (Å²) < 4.78 is 0. The van der Waals surface area contributed by atoms with E-state index in [2.05, 4.69) is 31.7 Å². The highest BCUT2D eigenvalue weighted by Crippen LogP contribution is 2.67. The molecule has 3 fully saturated rings. The quantitative estimate of drug-likeness (QED) is 0.473. The normalized spacial score (nSPS) is 37.8. The number of rotatable bonds is 6. The molecule has 4 aliphatic rings. The van der Waals surface area contributed by atoms with E-state index in [4.69, 9.17) is 0 Å². The largest absolute Gasteiger partial charge is 0.393 e. The predicted molar refractivity (Wildman–Crippen MR) is 127 cm³/mol. The Kier molecular flexibility index (Phi) is 6.17.